The second kappa shape index (κ2) is 9.25. The van der Waals surface area contributed by atoms with Crippen molar-refractivity contribution in [3.63, 3.8) is 0 Å². The fourth-order valence-corrected chi connectivity index (χ4v) is 3.00. The summed E-state index contributed by atoms with van der Waals surface area (Å²) in [6.07, 6.45) is 0. The summed E-state index contributed by atoms with van der Waals surface area (Å²) in [4.78, 5) is 14.5. The van der Waals surface area contributed by atoms with Crippen LogP contribution in [0.2, 0.25) is 0 Å². The molecule has 1 saturated heterocycles. The van der Waals surface area contributed by atoms with Crippen LogP contribution in [0.3, 0.4) is 0 Å². The van der Waals surface area contributed by atoms with Crippen molar-refractivity contribution in [1.82, 2.24) is 4.90 Å². The van der Waals surface area contributed by atoms with Crippen molar-refractivity contribution in [2.24, 2.45) is 0 Å². The van der Waals surface area contributed by atoms with Crippen LogP contribution < -0.4 is 4.74 Å². The van der Waals surface area contributed by atoms with Gasteiger partial charge in [-0.3, -0.25) is 4.79 Å². The molecule has 0 aromatic heterocycles. The first-order chi connectivity index (χ1) is 13.2. The molecule has 0 radical (unpaired) electrons. The maximum absolute atomic E-state index is 12.6. The Morgan fingerprint density at radius 3 is 2.15 bits per heavy atom. The van der Waals surface area contributed by atoms with Crippen molar-refractivity contribution in [2.75, 3.05) is 32.9 Å². The third-order valence-corrected chi connectivity index (χ3v) is 4.62. The number of amides is 1. The molecule has 2 aromatic rings. The van der Waals surface area contributed by atoms with Crippen LogP contribution in [0.15, 0.2) is 48.5 Å². The van der Waals surface area contributed by atoms with E-state index in [4.69, 9.17) is 9.47 Å². The highest BCUT2D eigenvalue weighted by atomic mass is 16.5. The summed E-state index contributed by atoms with van der Waals surface area (Å²) >= 11 is 0. The molecule has 1 amide bonds. The molecule has 27 heavy (non-hydrogen) atoms. The van der Waals surface area contributed by atoms with Gasteiger partial charge in [-0.1, -0.05) is 24.0 Å². The van der Waals surface area contributed by atoms with Crippen LogP contribution in [0.5, 0.6) is 5.75 Å². The van der Waals surface area contributed by atoms with Gasteiger partial charge in [0.1, 0.15) is 5.75 Å². The first-order valence-corrected chi connectivity index (χ1v) is 9.38. The molecule has 140 valence electrons. The summed E-state index contributed by atoms with van der Waals surface area (Å²) in [6.45, 7) is 7.18. The second-order valence-electron chi connectivity index (χ2n) is 6.49. The van der Waals surface area contributed by atoms with Gasteiger partial charge in [-0.2, -0.15) is 0 Å². The number of nitrogens with zero attached hydrogens (tertiary/aromatic N) is 1. The van der Waals surface area contributed by atoms with E-state index in [-0.39, 0.29) is 11.8 Å². The van der Waals surface area contributed by atoms with Crippen LogP contribution in [0.25, 0.3) is 0 Å². The van der Waals surface area contributed by atoms with E-state index < -0.39 is 0 Å². The molecule has 0 saturated carbocycles. The van der Waals surface area contributed by atoms with Crippen LogP contribution >= 0.6 is 0 Å². The summed E-state index contributed by atoms with van der Waals surface area (Å²) in [6, 6.07) is 15.7. The van der Waals surface area contributed by atoms with Gasteiger partial charge in [0.2, 0.25) is 5.91 Å². The lowest BCUT2D eigenvalue weighted by Gasteiger charge is -2.29. The van der Waals surface area contributed by atoms with Crippen molar-refractivity contribution < 1.29 is 14.3 Å². The lowest BCUT2D eigenvalue weighted by atomic mass is 9.98. The molecule has 1 atom stereocenters. The predicted octanol–water partition coefficient (Wildman–Crippen LogP) is 3.45. The third kappa shape index (κ3) is 5.12. The Labute approximate surface area is 161 Å². The first kappa shape index (κ1) is 19.0. The van der Waals surface area contributed by atoms with E-state index in [1.807, 2.05) is 67.3 Å². The molecule has 4 heteroatoms. The predicted molar refractivity (Wildman–Crippen MR) is 106 cm³/mol. The van der Waals surface area contributed by atoms with Gasteiger partial charge in [-0.25, -0.2) is 0 Å². The molecule has 1 aliphatic heterocycles. The minimum atomic E-state index is -0.156. The molecule has 0 N–H and O–H groups in total. The molecular formula is C23H25NO3. The number of rotatable bonds is 4. The number of ether oxygens (including phenoxy) is 2. The Morgan fingerprint density at radius 2 is 1.59 bits per heavy atom. The van der Waals surface area contributed by atoms with E-state index in [1.54, 1.807) is 0 Å². The zero-order valence-electron chi connectivity index (χ0n) is 15.9. The van der Waals surface area contributed by atoms with Crippen LogP contribution in [-0.4, -0.2) is 43.7 Å². The lowest BCUT2D eigenvalue weighted by Crippen LogP contribution is -2.42. The highest BCUT2D eigenvalue weighted by Gasteiger charge is 2.23. The summed E-state index contributed by atoms with van der Waals surface area (Å²) in [7, 11) is 0. The van der Waals surface area contributed by atoms with Crippen molar-refractivity contribution in [3.8, 4) is 17.6 Å². The third-order valence-electron chi connectivity index (χ3n) is 4.62. The van der Waals surface area contributed by atoms with E-state index in [0.717, 1.165) is 22.4 Å². The second-order valence-corrected chi connectivity index (χ2v) is 6.49. The molecule has 3 rings (SSSR count). The van der Waals surface area contributed by atoms with Gasteiger partial charge in [-0.05, 0) is 55.8 Å². The van der Waals surface area contributed by atoms with E-state index in [2.05, 4.69) is 11.8 Å². The maximum Gasteiger partial charge on any atom is 0.229 e. The summed E-state index contributed by atoms with van der Waals surface area (Å²) in [5.41, 5.74) is 2.88. The Morgan fingerprint density at radius 1 is 1.04 bits per heavy atom. The molecule has 4 nitrogen and oxygen atoms in total. The lowest BCUT2D eigenvalue weighted by molar-refractivity contribution is -0.136. The van der Waals surface area contributed by atoms with Crippen molar-refractivity contribution in [1.29, 1.82) is 0 Å². The van der Waals surface area contributed by atoms with Crippen molar-refractivity contribution in [2.45, 2.75) is 19.8 Å². The summed E-state index contributed by atoms with van der Waals surface area (Å²) < 4.78 is 10.8. The number of benzene rings is 2. The molecule has 0 spiro atoms. The van der Waals surface area contributed by atoms with Gasteiger partial charge in [0.05, 0.1) is 25.7 Å². The number of hydrogen-bond acceptors (Lipinski definition) is 3. The van der Waals surface area contributed by atoms with Gasteiger partial charge in [-0.15, -0.1) is 0 Å². The first-order valence-electron chi connectivity index (χ1n) is 9.38. The molecule has 1 unspecified atom stereocenters. The maximum atomic E-state index is 12.6. The van der Waals surface area contributed by atoms with Crippen LogP contribution in [0, 0.1) is 11.8 Å². The van der Waals surface area contributed by atoms with Gasteiger partial charge in [0.25, 0.3) is 0 Å². The molecule has 0 aliphatic carbocycles. The van der Waals surface area contributed by atoms with Crippen LogP contribution in [0.1, 0.15) is 36.5 Å². The van der Waals surface area contributed by atoms with Gasteiger partial charge >= 0.3 is 0 Å². The fraction of sp³-hybridized carbons (Fsp3) is 0.348. The topological polar surface area (TPSA) is 38.8 Å². The van der Waals surface area contributed by atoms with Crippen molar-refractivity contribution >= 4 is 5.91 Å². The molecule has 1 aliphatic rings. The summed E-state index contributed by atoms with van der Waals surface area (Å²) in [5, 5.41) is 0. The highest BCUT2D eigenvalue weighted by molar-refractivity contribution is 5.83. The molecular weight excluding hydrogens is 338 g/mol. The highest BCUT2D eigenvalue weighted by Crippen LogP contribution is 2.19. The van der Waals surface area contributed by atoms with Crippen LogP contribution in [0.4, 0.5) is 0 Å². The SMILES string of the molecule is CCOc1ccc(C#Cc2ccc(C(C)C(=O)N3CCOCC3)cc2)cc1. The van der Waals surface area contributed by atoms with E-state index in [1.165, 1.54) is 0 Å². The zero-order chi connectivity index (χ0) is 19.1. The van der Waals surface area contributed by atoms with E-state index in [9.17, 15) is 4.79 Å². The largest absolute Gasteiger partial charge is 0.494 e. The summed E-state index contributed by atoms with van der Waals surface area (Å²) in [5.74, 6) is 7.18. The Kier molecular flexibility index (Phi) is 6.51. The molecule has 1 heterocycles. The monoisotopic (exact) mass is 363 g/mol. The standard InChI is InChI=1S/C23H25NO3/c1-3-27-22-12-8-20(9-13-22)5-4-19-6-10-21(11-7-19)18(2)23(25)24-14-16-26-17-15-24/h6-13,18H,3,14-17H2,1-2H3. The number of carbonyl (C=O) groups excluding carboxylic acids is 1. The van der Waals surface area contributed by atoms with E-state index in [0.29, 0.717) is 32.9 Å². The Balaban J connectivity index is 1.64. The van der Waals surface area contributed by atoms with Gasteiger partial charge in [0, 0.05) is 24.2 Å². The average Bonchev–Trinajstić information content (AvgIpc) is 2.73. The fourth-order valence-electron chi connectivity index (χ4n) is 3.00. The van der Waals surface area contributed by atoms with Crippen molar-refractivity contribution in [3.05, 3.63) is 65.2 Å². The van der Waals surface area contributed by atoms with Gasteiger partial charge < -0.3 is 14.4 Å². The zero-order valence-corrected chi connectivity index (χ0v) is 15.9. The average molecular weight is 363 g/mol. The molecule has 1 fully saturated rings. The van der Waals surface area contributed by atoms with E-state index >= 15 is 0 Å². The Bertz CT molecular complexity index is 809. The molecule has 2 aromatic carbocycles. The number of hydrogen-bond donors (Lipinski definition) is 0. The smallest absolute Gasteiger partial charge is 0.229 e. The van der Waals surface area contributed by atoms with Crippen LogP contribution in [-0.2, 0) is 9.53 Å². The number of morpholine rings is 1. The number of carbonyl (C=O) groups is 1. The quantitative estimate of drug-likeness (QED) is 0.781. The molecule has 0 bridgehead atoms. The van der Waals surface area contributed by atoms with Gasteiger partial charge in [0.15, 0.2) is 0 Å². The Hall–Kier alpha value is -2.77. The normalized spacial score (nSPS) is 14.8. The minimum absolute atomic E-state index is 0.156. The minimum Gasteiger partial charge on any atom is -0.494 e.